The molecule has 0 aliphatic carbocycles. The standard InChI is InChI=1S/C25H21N3O5/c1-33-22(29)13-7-15-6-12-19(21(14-15)25(31)32)18-4-2-3-5-20(18)24(30)28-17-10-8-16(9-11-17)23(26)27/h2-14H,1H3,(H3,26,27)(H,28,30)(H,31,32). The molecule has 8 nitrogen and oxygen atoms in total. The van der Waals surface area contributed by atoms with Crippen molar-refractivity contribution in [2.45, 2.75) is 0 Å². The number of amidine groups is 1. The van der Waals surface area contributed by atoms with Crippen LogP contribution in [-0.4, -0.2) is 35.9 Å². The van der Waals surface area contributed by atoms with Gasteiger partial charge in [0.05, 0.1) is 12.7 Å². The van der Waals surface area contributed by atoms with Crippen LogP contribution in [0.25, 0.3) is 17.2 Å². The van der Waals surface area contributed by atoms with Crippen molar-refractivity contribution in [3.8, 4) is 11.1 Å². The van der Waals surface area contributed by atoms with E-state index in [1.807, 2.05) is 0 Å². The molecule has 0 radical (unpaired) electrons. The van der Waals surface area contributed by atoms with Gasteiger partial charge in [-0.1, -0.05) is 30.3 Å². The summed E-state index contributed by atoms with van der Waals surface area (Å²) in [4.78, 5) is 36.3. The van der Waals surface area contributed by atoms with Crippen molar-refractivity contribution >= 4 is 35.4 Å². The highest BCUT2D eigenvalue weighted by atomic mass is 16.5. The molecule has 3 aromatic carbocycles. The molecular formula is C25H21N3O5. The minimum Gasteiger partial charge on any atom is -0.478 e. The second-order valence-corrected chi connectivity index (χ2v) is 6.96. The molecule has 0 fully saturated rings. The number of nitrogen functional groups attached to an aromatic ring is 1. The minimum absolute atomic E-state index is 0.0203. The molecular weight excluding hydrogens is 422 g/mol. The van der Waals surface area contributed by atoms with Crippen molar-refractivity contribution in [3.63, 3.8) is 0 Å². The second kappa shape index (κ2) is 10.1. The minimum atomic E-state index is -1.17. The van der Waals surface area contributed by atoms with Gasteiger partial charge in [0, 0.05) is 22.9 Å². The van der Waals surface area contributed by atoms with Crippen LogP contribution < -0.4 is 11.1 Å². The number of carboxylic acids is 1. The number of aromatic carboxylic acids is 1. The molecule has 0 atom stereocenters. The quantitative estimate of drug-likeness (QED) is 0.189. The van der Waals surface area contributed by atoms with Gasteiger partial charge < -0.3 is 20.9 Å². The lowest BCUT2D eigenvalue weighted by molar-refractivity contribution is -0.134. The Morgan fingerprint density at radius 1 is 0.970 bits per heavy atom. The first-order chi connectivity index (χ1) is 15.8. The third-order valence-corrected chi connectivity index (χ3v) is 4.80. The van der Waals surface area contributed by atoms with Crippen molar-refractivity contribution < 1.29 is 24.2 Å². The second-order valence-electron chi connectivity index (χ2n) is 6.96. The van der Waals surface area contributed by atoms with Gasteiger partial charge >= 0.3 is 11.9 Å². The summed E-state index contributed by atoms with van der Waals surface area (Å²) in [5.74, 6) is -2.24. The van der Waals surface area contributed by atoms with Crippen molar-refractivity contribution in [2.24, 2.45) is 5.73 Å². The molecule has 166 valence electrons. The molecule has 5 N–H and O–H groups in total. The number of amides is 1. The summed E-state index contributed by atoms with van der Waals surface area (Å²) in [5.41, 5.74) is 8.04. The number of hydrogen-bond acceptors (Lipinski definition) is 5. The first-order valence-corrected chi connectivity index (χ1v) is 9.78. The zero-order chi connectivity index (χ0) is 24.0. The lowest BCUT2D eigenvalue weighted by Gasteiger charge is -2.13. The van der Waals surface area contributed by atoms with Crippen molar-refractivity contribution in [3.05, 3.63) is 95.1 Å². The highest BCUT2D eigenvalue weighted by molar-refractivity contribution is 6.10. The van der Waals surface area contributed by atoms with E-state index in [0.717, 1.165) is 0 Å². The maximum Gasteiger partial charge on any atom is 0.336 e. The number of hydrogen-bond donors (Lipinski definition) is 4. The van der Waals surface area contributed by atoms with Crippen LogP contribution >= 0.6 is 0 Å². The molecule has 3 rings (SSSR count). The van der Waals surface area contributed by atoms with Gasteiger partial charge in [-0.05, 0) is 59.2 Å². The van der Waals surface area contributed by atoms with Gasteiger partial charge in [0.1, 0.15) is 5.84 Å². The molecule has 0 bridgehead atoms. The molecule has 0 saturated heterocycles. The smallest absolute Gasteiger partial charge is 0.336 e. The Labute approximate surface area is 189 Å². The van der Waals surface area contributed by atoms with Gasteiger partial charge in [-0.3, -0.25) is 10.2 Å². The zero-order valence-corrected chi connectivity index (χ0v) is 17.7. The molecule has 0 aromatic heterocycles. The van der Waals surface area contributed by atoms with Crippen LogP contribution in [0.4, 0.5) is 5.69 Å². The van der Waals surface area contributed by atoms with Gasteiger partial charge in [-0.25, -0.2) is 9.59 Å². The van der Waals surface area contributed by atoms with Crippen LogP contribution in [0, 0.1) is 5.41 Å². The van der Waals surface area contributed by atoms with E-state index in [2.05, 4.69) is 10.1 Å². The van der Waals surface area contributed by atoms with Gasteiger partial charge in [0.15, 0.2) is 0 Å². The number of carbonyl (C=O) groups is 3. The lowest BCUT2D eigenvalue weighted by atomic mass is 9.93. The van der Waals surface area contributed by atoms with Gasteiger partial charge in [-0.15, -0.1) is 0 Å². The van der Waals surface area contributed by atoms with Gasteiger partial charge in [0.25, 0.3) is 5.91 Å². The van der Waals surface area contributed by atoms with Crippen molar-refractivity contribution in [1.29, 1.82) is 5.41 Å². The number of ether oxygens (including phenoxy) is 1. The number of anilines is 1. The Balaban J connectivity index is 1.97. The molecule has 0 spiro atoms. The summed E-state index contributed by atoms with van der Waals surface area (Å²) in [7, 11) is 1.25. The zero-order valence-electron chi connectivity index (χ0n) is 17.7. The Morgan fingerprint density at radius 2 is 1.64 bits per heavy atom. The third-order valence-electron chi connectivity index (χ3n) is 4.80. The number of benzene rings is 3. The molecule has 0 saturated carbocycles. The number of esters is 1. The number of nitrogens with one attached hydrogen (secondary N) is 2. The first kappa shape index (κ1) is 23.0. The monoisotopic (exact) mass is 443 g/mol. The molecule has 8 heteroatoms. The fourth-order valence-electron chi connectivity index (χ4n) is 3.16. The fourth-order valence-corrected chi connectivity index (χ4v) is 3.16. The largest absolute Gasteiger partial charge is 0.478 e. The van der Waals surface area contributed by atoms with E-state index in [1.54, 1.807) is 60.7 Å². The molecule has 3 aromatic rings. The highest BCUT2D eigenvalue weighted by Crippen LogP contribution is 2.29. The summed E-state index contributed by atoms with van der Waals surface area (Å²) in [5, 5.41) is 20.0. The maximum absolute atomic E-state index is 13.0. The number of rotatable bonds is 7. The van der Waals surface area contributed by atoms with E-state index in [0.29, 0.717) is 27.9 Å². The molecule has 0 aliphatic rings. The van der Waals surface area contributed by atoms with Crippen molar-refractivity contribution in [1.82, 2.24) is 0 Å². The van der Waals surface area contributed by atoms with Crippen LogP contribution in [0.2, 0.25) is 0 Å². The number of methoxy groups -OCH3 is 1. The predicted octanol–water partition coefficient (Wildman–Crippen LogP) is 3.77. The highest BCUT2D eigenvalue weighted by Gasteiger charge is 2.18. The molecule has 33 heavy (non-hydrogen) atoms. The van der Waals surface area contributed by atoms with Crippen LogP contribution in [0.3, 0.4) is 0 Å². The van der Waals surface area contributed by atoms with E-state index in [1.165, 1.54) is 25.3 Å². The number of carboxylic acid groups (broad SMARTS) is 1. The van der Waals surface area contributed by atoms with E-state index in [9.17, 15) is 19.5 Å². The molecule has 0 aliphatic heterocycles. The van der Waals surface area contributed by atoms with Gasteiger partial charge in [0.2, 0.25) is 0 Å². The summed E-state index contributed by atoms with van der Waals surface area (Å²) in [6.45, 7) is 0. The summed E-state index contributed by atoms with van der Waals surface area (Å²) in [6.07, 6.45) is 2.64. The van der Waals surface area contributed by atoms with Gasteiger partial charge in [-0.2, -0.15) is 0 Å². The fraction of sp³-hybridized carbons (Fsp3) is 0.0400. The SMILES string of the molecule is COC(=O)C=Cc1ccc(-c2ccccc2C(=O)Nc2ccc(C(=N)N)cc2)c(C(=O)O)c1. The van der Waals surface area contributed by atoms with E-state index >= 15 is 0 Å². The third kappa shape index (κ3) is 5.50. The topological polar surface area (TPSA) is 143 Å². The average Bonchev–Trinajstić information content (AvgIpc) is 2.82. The Kier molecular flexibility index (Phi) is 7.00. The number of nitrogens with two attached hydrogens (primary N) is 1. The average molecular weight is 443 g/mol. The molecule has 0 unspecified atom stereocenters. The predicted molar refractivity (Wildman–Crippen MR) is 125 cm³/mol. The van der Waals surface area contributed by atoms with E-state index in [-0.39, 0.29) is 17.0 Å². The summed E-state index contributed by atoms with van der Waals surface area (Å²) in [6, 6.07) is 17.8. The summed E-state index contributed by atoms with van der Waals surface area (Å²) >= 11 is 0. The summed E-state index contributed by atoms with van der Waals surface area (Å²) < 4.78 is 4.55. The molecule has 1 amide bonds. The van der Waals surface area contributed by atoms with Crippen LogP contribution in [0.5, 0.6) is 0 Å². The van der Waals surface area contributed by atoms with Crippen LogP contribution in [0.15, 0.2) is 72.8 Å². The Morgan fingerprint density at radius 3 is 2.27 bits per heavy atom. The van der Waals surface area contributed by atoms with Crippen molar-refractivity contribution in [2.75, 3.05) is 12.4 Å². The normalized spacial score (nSPS) is 10.6. The first-order valence-electron chi connectivity index (χ1n) is 9.78. The lowest BCUT2D eigenvalue weighted by Crippen LogP contribution is -2.14. The number of carbonyl (C=O) groups excluding carboxylic acids is 2. The van der Waals surface area contributed by atoms with E-state index < -0.39 is 17.8 Å². The Hall–Kier alpha value is -4.72. The van der Waals surface area contributed by atoms with E-state index in [4.69, 9.17) is 11.1 Å². The molecule has 0 heterocycles. The maximum atomic E-state index is 13.0. The van der Waals surface area contributed by atoms with Crippen LogP contribution in [0.1, 0.15) is 31.8 Å². The van der Waals surface area contributed by atoms with Crippen LogP contribution in [-0.2, 0) is 9.53 Å². The Bertz CT molecular complexity index is 1260.